The number of rotatable bonds is 5. The smallest absolute Gasteiger partial charge is 0.271 e. The van der Waals surface area contributed by atoms with Crippen LogP contribution >= 0.6 is 11.3 Å². The lowest BCUT2D eigenvalue weighted by Crippen LogP contribution is -2.56. The minimum absolute atomic E-state index is 0.0225. The van der Waals surface area contributed by atoms with Gasteiger partial charge in [0.1, 0.15) is 28.8 Å². The zero-order valence-corrected chi connectivity index (χ0v) is 24.7. The van der Waals surface area contributed by atoms with Crippen molar-refractivity contribution in [1.29, 1.82) is 0 Å². The molecule has 1 aromatic carbocycles. The first-order valence-electron chi connectivity index (χ1n) is 14.2. The van der Waals surface area contributed by atoms with Crippen LogP contribution in [0.2, 0.25) is 0 Å². The maximum absolute atomic E-state index is 13.5. The lowest BCUT2D eigenvalue weighted by molar-refractivity contribution is -0.136. The Morgan fingerprint density at radius 3 is 2.66 bits per heavy atom. The highest BCUT2D eigenvalue weighted by Gasteiger charge is 2.32. The number of hydrogen-bond acceptors (Lipinski definition) is 8. The van der Waals surface area contributed by atoms with Crippen LogP contribution in [-0.2, 0) is 25.5 Å². The first-order chi connectivity index (χ1) is 19.7. The number of nitrogens with one attached hydrogen (secondary N) is 4. The Hall–Kier alpha value is -3.35. The van der Waals surface area contributed by atoms with E-state index in [0.717, 1.165) is 5.56 Å². The largest absolute Gasteiger partial charge is 0.378 e. The second kappa shape index (κ2) is 14.5. The van der Waals surface area contributed by atoms with E-state index in [1.807, 2.05) is 56.1 Å². The minimum Gasteiger partial charge on any atom is -0.378 e. The third kappa shape index (κ3) is 8.34. The Labute approximate surface area is 244 Å². The number of morpholine rings is 1. The third-order valence-electron chi connectivity index (χ3n) is 7.44. The Morgan fingerprint density at radius 1 is 1.15 bits per heavy atom. The number of thiazole rings is 1. The number of carbonyl (C=O) groups is 4. The molecule has 2 aromatic rings. The summed E-state index contributed by atoms with van der Waals surface area (Å²) in [5.41, 5.74) is 1.12. The Morgan fingerprint density at radius 2 is 1.93 bits per heavy atom. The molecule has 1 saturated heterocycles. The first kappa shape index (κ1) is 30.6. The van der Waals surface area contributed by atoms with Crippen molar-refractivity contribution < 1.29 is 23.9 Å². The maximum Gasteiger partial charge on any atom is 0.271 e. The van der Waals surface area contributed by atoms with E-state index in [2.05, 4.69) is 26.3 Å². The average Bonchev–Trinajstić information content (AvgIpc) is 3.44. The summed E-state index contributed by atoms with van der Waals surface area (Å²) >= 11 is 1.28. The predicted molar refractivity (Wildman–Crippen MR) is 155 cm³/mol. The molecule has 1 aromatic heterocycles. The van der Waals surface area contributed by atoms with E-state index < -0.39 is 30.1 Å². The van der Waals surface area contributed by atoms with Crippen molar-refractivity contribution in [2.75, 3.05) is 33.4 Å². The molecule has 4 atom stereocenters. The van der Waals surface area contributed by atoms with Gasteiger partial charge in [-0.3, -0.25) is 24.1 Å². The highest BCUT2D eigenvalue weighted by Crippen LogP contribution is 2.26. The van der Waals surface area contributed by atoms with Crippen molar-refractivity contribution in [3.8, 4) is 0 Å². The zero-order chi connectivity index (χ0) is 29.4. The molecule has 2 aliphatic heterocycles. The molecule has 0 aliphatic carbocycles. The van der Waals surface area contributed by atoms with Crippen LogP contribution in [0, 0.1) is 5.92 Å². The minimum atomic E-state index is -0.773. The summed E-state index contributed by atoms with van der Waals surface area (Å²) in [6.45, 7) is 5.77. The van der Waals surface area contributed by atoms with Crippen molar-refractivity contribution in [3.63, 3.8) is 0 Å². The molecule has 4 N–H and O–H groups in total. The fourth-order valence-electron chi connectivity index (χ4n) is 4.90. The van der Waals surface area contributed by atoms with E-state index >= 15 is 0 Å². The number of fused-ring (bicyclic) bond motifs is 2. The summed E-state index contributed by atoms with van der Waals surface area (Å²) in [6.07, 6.45) is 1.95. The Balaban J connectivity index is 1.55. The second-order valence-corrected chi connectivity index (χ2v) is 11.8. The summed E-state index contributed by atoms with van der Waals surface area (Å²) in [6, 6.07) is 7.06. The quantitative estimate of drug-likeness (QED) is 0.416. The van der Waals surface area contributed by atoms with E-state index in [0.29, 0.717) is 50.4 Å². The number of amides is 4. The SMILES string of the molecule is CC(C)[C@H]1NC(=O)[C@@H](NC(=O)[C@H]2COCCN2C)CCCCNC(=O)[C@@H](Cc2ccccc2)NC(=O)c2csc1n2. The molecular weight excluding hydrogens is 544 g/mol. The number of carbonyl (C=O) groups excluding carboxylic acids is 4. The summed E-state index contributed by atoms with van der Waals surface area (Å²) in [4.78, 5) is 59.5. The molecule has 0 radical (unpaired) electrons. The molecular formula is C29H40N6O5S. The van der Waals surface area contributed by atoms with Crippen LogP contribution in [-0.4, -0.2) is 85.0 Å². The van der Waals surface area contributed by atoms with Gasteiger partial charge in [-0.05, 0) is 37.8 Å². The number of benzene rings is 1. The molecule has 4 rings (SSSR count). The van der Waals surface area contributed by atoms with Gasteiger partial charge in [-0.25, -0.2) is 4.98 Å². The second-order valence-electron chi connectivity index (χ2n) is 10.9. The molecule has 4 amide bonds. The fourth-order valence-corrected chi connectivity index (χ4v) is 5.92. The van der Waals surface area contributed by atoms with Crippen LogP contribution in [0.25, 0.3) is 0 Å². The van der Waals surface area contributed by atoms with Gasteiger partial charge < -0.3 is 26.0 Å². The van der Waals surface area contributed by atoms with Gasteiger partial charge in [0.15, 0.2) is 0 Å². The van der Waals surface area contributed by atoms with E-state index in [1.165, 1.54) is 11.3 Å². The summed E-state index contributed by atoms with van der Waals surface area (Å²) in [5, 5.41) is 14.0. The molecule has 2 bridgehead atoms. The van der Waals surface area contributed by atoms with Gasteiger partial charge in [0.05, 0.1) is 19.3 Å². The van der Waals surface area contributed by atoms with Crippen molar-refractivity contribution >= 4 is 35.0 Å². The Bertz CT molecular complexity index is 1210. The molecule has 0 spiro atoms. The van der Waals surface area contributed by atoms with Crippen LogP contribution < -0.4 is 21.3 Å². The summed E-state index contributed by atoms with van der Waals surface area (Å²) in [5.74, 6) is -1.32. The van der Waals surface area contributed by atoms with Gasteiger partial charge in [-0.15, -0.1) is 11.3 Å². The monoisotopic (exact) mass is 584 g/mol. The molecule has 12 heteroatoms. The van der Waals surface area contributed by atoms with Gasteiger partial charge in [-0.1, -0.05) is 44.2 Å². The van der Waals surface area contributed by atoms with E-state index in [9.17, 15) is 19.2 Å². The van der Waals surface area contributed by atoms with Gasteiger partial charge in [0.25, 0.3) is 5.91 Å². The number of ether oxygens (including phenoxy) is 1. The highest BCUT2D eigenvalue weighted by atomic mass is 32.1. The van der Waals surface area contributed by atoms with Gasteiger partial charge in [0, 0.05) is 24.9 Å². The van der Waals surface area contributed by atoms with Crippen LogP contribution in [0.5, 0.6) is 0 Å². The molecule has 0 saturated carbocycles. The molecule has 3 heterocycles. The van der Waals surface area contributed by atoms with E-state index in [1.54, 1.807) is 5.38 Å². The Kier molecular flexibility index (Phi) is 10.8. The normalized spacial score (nSPS) is 25.2. The molecule has 1 fully saturated rings. The zero-order valence-electron chi connectivity index (χ0n) is 23.9. The van der Waals surface area contributed by atoms with Crippen molar-refractivity contribution in [2.24, 2.45) is 5.92 Å². The summed E-state index contributed by atoms with van der Waals surface area (Å²) in [7, 11) is 1.87. The number of likely N-dealkylation sites (N-methyl/N-ethyl adjacent to an activating group) is 1. The highest BCUT2D eigenvalue weighted by molar-refractivity contribution is 7.09. The van der Waals surface area contributed by atoms with Crippen LogP contribution in [0.15, 0.2) is 35.7 Å². The molecule has 0 unspecified atom stereocenters. The van der Waals surface area contributed by atoms with Gasteiger partial charge in [-0.2, -0.15) is 0 Å². The molecule has 2 aliphatic rings. The van der Waals surface area contributed by atoms with Crippen molar-refractivity contribution in [1.82, 2.24) is 31.2 Å². The van der Waals surface area contributed by atoms with E-state index in [-0.39, 0.29) is 35.9 Å². The predicted octanol–water partition coefficient (Wildman–Crippen LogP) is 1.41. The third-order valence-corrected chi connectivity index (χ3v) is 8.37. The molecule has 222 valence electrons. The summed E-state index contributed by atoms with van der Waals surface area (Å²) < 4.78 is 5.50. The lowest BCUT2D eigenvalue weighted by Gasteiger charge is -2.32. The maximum atomic E-state index is 13.5. The van der Waals surface area contributed by atoms with Gasteiger partial charge >= 0.3 is 0 Å². The number of aromatic nitrogens is 1. The standard InChI is InChI=1S/C29H40N6O5S/c1-18(2)24-29-33-22(17-41-29)27(38)32-21(15-19-9-5-4-6-10-19)25(36)30-12-8-7-11-20(26(37)34-24)31-28(39)23-16-40-14-13-35(23)3/h4-6,9-10,17-18,20-21,23-24H,7-8,11-16H2,1-3H3,(H,30,36)(H,31,39)(H,32,38)(H,34,37)/t20-,21+,23+,24+/m0/s1. The average molecular weight is 585 g/mol. The van der Waals surface area contributed by atoms with Gasteiger partial charge in [0.2, 0.25) is 17.7 Å². The van der Waals surface area contributed by atoms with Crippen LogP contribution in [0.3, 0.4) is 0 Å². The lowest BCUT2D eigenvalue weighted by atomic mass is 10.0. The first-order valence-corrected chi connectivity index (χ1v) is 15.1. The van der Waals surface area contributed by atoms with Crippen molar-refractivity contribution in [3.05, 3.63) is 52.0 Å². The van der Waals surface area contributed by atoms with Crippen LogP contribution in [0.1, 0.15) is 60.2 Å². The van der Waals surface area contributed by atoms with E-state index in [4.69, 9.17) is 4.74 Å². The van der Waals surface area contributed by atoms with Crippen molar-refractivity contribution in [2.45, 2.75) is 63.7 Å². The number of nitrogens with zero attached hydrogens (tertiary/aromatic N) is 2. The topological polar surface area (TPSA) is 142 Å². The fraction of sp³-hybridized carbons (Fsp3) is 0.552. The van der Waals surface area contributed by atoms with Crippen LogP contribution in [0.4, 0.5) is 0 Å². The molecule has 41 heavy (non-hydrogen) atoms. The molecule has 11 nitrogen and oxygen atoms in total. The number of hydrogen-bond donors (Lipinski definition) is 4.